The van der Waals surface area contributed by atoms with Crippen LogP contribution >= 0.6 is 11.7 Å². The van der Waals surface area contributed by atoms with Crippen LogP contribution in [0.15, 0.2) is 77.7 Å². The smallest absolute Gasteiger partial charge is 0.247 e. The highest BCUT2D eigenvalue weighted by atomic mass is 32.2. The quantitative estimate of drug-likeness (QED) is 0.478. The minimum atomic E-state index is -4.06. The molecule has 0 spiro atoms. The second-order valence-electron chi connectivity index (χ2n) is 6.66. The van der Waals surface area contributed by atoms with Gasteiger partial charge in [0.05, 0.1) is 11.7 Å². The highest BCUT2D eigenvalue weighted by Crippen LogP contribution is 2.25. The normalized spacial score (nSPS) is 12.6. The van der Waals surface area contributed by atoms with Crippen molar-refractivity contribution >= 4 is 44.4 Å². The molecular formula is C21H18N4O3S2. The molecule has 0 saturated carbocycles. The lowest BCUT2D eigenvalue weighted by molar-refractivity contribution is -0.117. The molecule has 0 aliphatic rings. The lowest BCUT2D eigenvalue weighted by Gasteiger charge is -2.20. The molecule has 1 aromatic heterocycles. The number of sulfonamides is 1. The number of amides is 1. The van der Waals surface area contributed by atoms with Gasteiger partial charge in [0.1, 0.15) is 22.0 Å². The van der Waals surface area contributed by atoms with Gasteiger partial charge < -0.3 is 5.32 Å². The summed E-state index contributed by atoms with van der Waals surface area (Å²) >= 11 is 0.937. The first-order chi connectivity index (χ1) is 14.5. The Kier molecular flexibility index (Phi) is 5.58. The number of carbonyl (C=O) groups excluding carboxylic acids is 1. The summed E-state index contributed by atoms with van der Waals surface area (Å²) in [6.45, 7) is 1.87. The number of anilines is 1. The maximum Gasteiger partial charge on any atom is 0.247 e. The number of hydrogen-bond donors (Lipinski definition) is 2. The first kappa shape index (κ1) is 20.1. The molecule has 0 saturated heterocycles. The first-order valence-corrected chi connectivity index (χ1v) is 11.3. The van der Waals surface area contributed by atoms with Crippen LogP contribution in [0.3, 0.4) is 0 Å². The Bertz CT molecular complexity index is 1300. The Morgan fingerprint density at radius 2 is 1.67 bits per heavy atom. The van der Waals surface area contributed by atoms with E-state index in [0.717, 1.165) is 17.3 Å². The number of benzene rings is 3. The van der Waals surface area contributed by atoms with Crippen LogP contribution in [0.1, 0.15) is 17.2 Å². The summed E-state index contributed by atoms with van der Waals surface area (Å²) in [7, 11) is -4.06. The number of nitrogens with one attached hydrogen (secondary N) is 2. The Labute approximate surface area is 178 Å². The van der Waals surface area contributed by atoms with Gasteiger partial charge in [0.25, 0.3) is 0 Å². The zero-order valence-electron chi connectivity index (χ0n) is 15.9. The fourth-order valence-corrected chi connectivity index (χ4v) is 5.00. The number of rotatable bonds is 6. The average Bonchev–Trinajstić information content (AvgIpc) is 3.23. The minimum absolute atomic E-state index is 0.0154. The van der Waals surface area contributed by atoms with Gasteiger partial charge in [0, 0.05) is 5.69 Å². The predicted octanol–water partition coefficient (Wildman–Crippen LogP) is 3.66. The molecule has 1 heterocycles. The third-order valence-electron chi connectivity index (χ3n) is 4.61. The van der Waals surface area contributed by atoms with Crippen molar-refractivity contribution in [3.05, 3.63) is 83.9 Å². The molecule has 0 unspecified atom stereocenters. The summed E-state index contributed by atoms with van der Waals surface area (Å²) in [5.41, 5.74) is 2.78. The molecule has 152 valence electrons. The molecule has 30 heavy (non-hydrogen) atoms. The Morgan fingerprint density at radius 3 is 2.43 bits per heavy atom. The molecule has 3 aromatic carbocycles. The standard InChI is InChI=1S/C21H18N4O3S2/c1-14-8-5-6-11-16(14)22-21(26)19(15-9-3-2-4-10-15)25-30(27,28)18-13-7-12-17-20(18)24-29-23-17/h2-13,19,25H,1H3,(H,22,26)/t19-/m0/s1. The Balaban J connectivity index is 1.71. The van der Waals surface area contributed by atoms with E-state index in [2.05, 4.69) is 18.8 Å². The van der Waals surface area contributed by atoms with Gasteiger partial charge in [0.2, 0.25) is 15.9 Å². The molecule has 0 aliphatic carbocycles. The minimum Gasteiger partial charge on any atom is -0.324 e. The molecule has 9 heteroatoms. The van der Waals surface area contributed by atoms with E-state index >= 15 is 0 Å². The number of carbonyl (C=O) groups is 1. The molecule has 0 fully saturated rings. The number of aryl methyl sites for hydroxylation is 1. The fourth-order valence-electron chi connectivity index (χ4n) is 3.05. The van der Waals surface area contributed by atoms with Crippen LogP contribution < -0.4 is 10.0 Å². The predicted molar refractivity (Wildman–Crippen MR) is 117 cm³/mol. The molecule has 0 radical (unpaired) electrons. The topological polar surface area (TPSA) is 101 Å². The van der Waals surface area contributed by atoms with E-state index in [4.69, 9.17) is 0 Å². The van der Waals surface area contributed by atoms with Gasteiger partial charge in [-0.15, -0.1) is 0 Å². The van der Waals surface area contributed by atoms with E-state index < -0.39 is 22.0 Å². The van der Waals surface area contributed by atoms with E-state index in [-0.39, 0.29) is 10.4 Å². The van der Waals surface area contributed by atoms with Gasteiger partial charge in [0.15, 0.2) is 0 Å². The summed E-state index contributed by atoms with van der Waals surface area (Å²) in [4.78, 5) is 13.1. The summed E-state index contributed by atoms with van der Waals surface area (Å²) in [5, 5.41) is 2.82. The van der Waals surface area contributed by atoms with E-state index in [0.29, 0.717) is 16.8 Å². The highest BCUT2D eigenvalue weighted by molar-refractivity contribution is 7.89. The average molecular weight is 439 g/mol. The van der Waals surface area contributed by atoms with Crippen LogP contribution in [0.2, 0.25) is 0 Å². The number of aromatic nitrogens is 2. The van der Waals surface area contributed by atoms with Crippen LogP contribution in [-0.2, 0) is 14.8 Å². The maximum atomic E-state index is 13.2. The third kappa shape index (κ3) is 4.09. The lowest BCUT2D eigenvalue weighted by atomic mass is 10.1. The van der Waals surface area contributed by atoms with E-state index in [1.54, 1.807) is 54.6 Å². The van der Waals surface area contributed by atoms with Gasteiger partial charge in [-0.05, 0) is 36.2 Å². The van der Waals surface area contributed by atoms with Crippen LogP contribution in [0.4, 0.5) is 5.69 Å². The van der Waals surface area contributed by atoms with Gasteiger partial charge in [-0.2, -0.15) is 13.5 Å². The third-order valence-corrected chi connectivity index (χ3v) is 6.61. The van der Waals surface area contributed by atoms with E-state index in [1.165, 1.54) is 6.07 Å². The van der Waals surface area contributed by atoms with Crippen molar-refractivity contribution < 1.29 is 13.2 Å². The van der Waals surface area contributed by atoms with Gasteiger partial charge >= 0.3 is 0 Å². The zero-order valence-corrected chi connectivity index (χ0v) is 17.6. The van der Waals surface area contributed by atoms with Crippen molar-refractivity contribution in [2.45, 2.75) is 17.9 Å². The SMILES string of the molecule is Cc1ccccc1NC(=O)[C@@H](NS(=O)(=O)c1cccc2nsnc12)c1ccccc1. The molecule has 0 aliphatic heterocycles. The van der Waals surface area contributed by atoms with E-state index in [9.17, 15) is 13.2 Å². The number of nitrogens with zero attached hydrogens (tertiary/aromatic N) is 2. The van der Waals surface area contributed by atoms with Crippen molar-refractivity contribution in [3.63, 3.8) is 0 Å². The lowest BCUT2D eigenvalue weighted by Crippen LogP contribution is -2.37. The van der Waals surface area contributed by atoms with Crippen molar-refractivity contribution in [1.29, 1.82) is 0 Å². The molecule has 1 atom stereocenters. The largest absolute Gasteiger partial charge is 0.324 e. The monoisotopic (exact) mass is 438 g/mol. The van der Waals surface area contributed by atoms with Crippen molar-refractivity contribution in [2.24, 2.45) is 0 Å². The van der Waals surface area contributed by atoms with Gasteiger partial charge in [-0.3, -0.25) is 4.79 Å². The maximum absolute atomic E-state index is 13.2. The number of hydrogen-bond acceptors (Lipinski definition) is 6. The van der Waals surface area contributed by atoms with Crippen LogP contribution in [0.5, 0.6) is 0 Å². The summed E-state index contributed by atoms with van der Waals surface area (Å²) in [5.74, 6) is -0.484. The molecule has 4 aromatic rings. The second kappa shape index (κ2) is 8.31. The summed E-state index contributed by atoms with van der Waals surface area (Å²) in [6.07, 6.45) is 0. The van der Waals surface area contributed by atoms with Crippen molar-refractivity contribution in [2.75, 3.05) is 5.32 Å². The molecular weight excluding hydrogens is 420 g/mol. The molecule has 0 bridgehead atoms. The Morgan fingerprint density at radius 1 is 0.933 bits per heavy atom. The molecule has 2 N–H and O–H groups in total. The van der Waals surface area contributed by atoms with Gasteiger partial charge in [-0.1, -0.05) is 54.6 Å². The Hall–Kier alpha value is -3.14. The van der Waals surface area contributed by atoms with Crippen molar-refractivity contribution in [3.8, 4) is 0 Å². The van der Waals surface area contributed by atoms with Crippen molar-refractivity contribution in [1.82, 2.24) is 13.5 Å². The summed E-state index contributed by atoms with van der Waals surface area (Å²) < 4.78 is 37.1. The van der Waals surface area contributed by atoms with Crippen LogP contribution in [-0.4, -0.2) is 23.1 Å². The van der Waals surface area contributed by atoms with Crippen LogP contribution in [0, 0.1) is 6.92 Å². The van der Waals surface area contributed by atoms with Gasteiger partial charge in [-0.25, -0.2) is 8.42 Å². The second-order valence-corrected chi connectivity index (χ2v) is 8.87. The number of fused-ring (bicyclic) bond motifs is 1. The summed E-state index contributed by atoms with van der Waals surface area (Å²) in [6, 6.07) is 19.6. The molecule has 7 nitrogen and oxygen atoms in total. The highest BCUT2D eigenvalue weighted by Gasteiger charge is 2.29. The van der Waals surface area contributed by atoms with Crippen LogP contribution in [0.25, 0.3) is 11.0 Å². The molecule has 4 rings (SSSR count). The first-order valence-electron chi connectivity index (χ1n) is 9.11. The number of para-hydroxylation sites is 1. The fraction of sp³-hybridized carbons (Fsp3) is 0.0952. The van der Waals surface area contributed by atoms with E-state index in [1.807, 2.05) is 19.1 Å². The molecule has 1 amide bonds. The zero-order chi connectivity index (χ0) is 21.1.